The van der Waals surface area contributed by atoms with Gasteiger partial charge in [-0.25, -0.2) is 4.79 Å². The summed E-state index contributed by atoms with van der Waals surface area (Å²) in [5, 5.41) is 11.2. The summed E-state index contributed by atoms with van der Waals surface area (Å²) in [6, 6.07) is 7.19. The minimum Gasteiger partial charge on any atom is -0.497 e. The number of nitrogens with one attached hydrogen (secondary N) is 1. The van der Waals surface area contributed by atoms with Crippen LogP contribution in [-0.4, -0.2) is 40.0 Å². The molecule has 0 unspecified atom stereocenters. The summed E-state index contributed by atoms with van der Waals surface area (Å²) >= 11 is 2.25. The van der Waals surface area contributed by atoms with Crippen LogP contribution >= 0.6 is 23.3 Å². The summed E-state index contributed by atoms with van der Waals surface area (Å²) in [4.78, 5) is 27.3. The Kier molecular flexibility index (Phi) is 5.93. The predicted molar refractivity (Wildman–Crippen MR) is 95.3 cm³/mol. The molecule has 24 heavy (non-hydrogen) atoms. The molecule has 0 saturated heterocycles. The van der Waals surface area contributed by atoms with E-state index in [9.17, 15) is 9.59 Å². The third kappa shape index (κ3) is 4.12. The predicted octanol–water partition coefficient (Wildman–Crippen LogP) is 3.25. The van der Waals surface area contributed by atoms with Gasteiger partial charge in [0.2, 0.25) is 0 Å². The van der Waals surface area contributed by atoms with Gasteiger partial charge in [0, 0.05) is 10.4 Å². The van der Waals surface area contributed by atoms with Crippen LogP contribution in [0.5, 0.6) is 5.75 Å². The number of aromatic nitrogens is 1. The number of carbonyl (C=O) groups is 2. The summed E-state index contributed by atoms with van der Waals surface area (Å²) in [6.45, 7) is 1.78. The van der Waals surface area contributed by atoms with Crippen molar-refractivity contribution in [3.63, 3.8) is 0 Å². The van der Waals surface area contributed by atoms with Crippen LogP contribution in [-0.2, 0) is 0 Å². The average Bonchev–Trinajstić information content (AvgIpc) is 2.95. The minimum absolute atomic E-state index is 0.0128. The van der Waals surface area contributed by atoms with Gasteiger partial charge in [-0.2, -0.15) is 9.37 Å². The van der Waals surface area contributed by atoms with E-state index in [0.717, 1.165) is 22.2 Å². The van der Waals surface area contributed by atoms with Gasteiger partial charge in [0.25, 0.3) is 5.91 Å². The van der Waals surface area contributed by atoms with Crippen molar-refractivity contribution in [2.24, 2.45) is 4.99 Å². The van der Waals surface area contributed by atoms with Crippen LogP contribution in [0.3, 0.4) is 0 Å². The van der Waals surface area contributed by atoms with Crippen molar-refractivity contribution < 1.29 is 19.4 Å². The van der Waals surface area contributed by atoms with E-state index in [2.05, 4.69) is 14.7 Å². The Morgan fingerprint density at radius 2 is 2.00 bits per heavy atom. The molecule has 7 nitrogen and oxygen atoms in total. The topological polar surface area (TPSA) is 101 Å². The zero-order chi connectivity index (χ0) is 17.7. The second kappa shape index (κ2) is 7.93. The normalized spacial score (nSPS) is 11.2. The van der Waals surface area contributed by atoms with Gasteiger partial charge in [0.15, 0.2) is 5.17 Å². The average molecular weight is 365 g/mol. The molecule has 1 aromatic carbocycles. The van der Waals surface area contributed by atoms with Crippen molar-refractivity contribution in [3.05, 3.63) is 34.7 Å². The Hall–Kier alpha value is -2.39. The molecular weight excluding hydrogens is 350 g/mol. The lowest BCUT2D eigenvalue weighted by molar-refractivity contribution is 0.0978. The van der Waals surface area contributed by atoms with E-state index in [1.165, 1.54) is 11.5 Å². The second-order valence-electron chi connectivity index (χ2n) is 4.55. The van der Waals surface area contributed by atoms with Gasteiger partial charge in [-0.15, -0.1) is 0 Å². The van der Waals surface area contributed by atoms with E-state index < -0.39 is 12.0 Å². The largest absolute Gasteiger partial charge is 0.497 e. The van der Waals surface area contributed by atoms with Gasteiger partial charge in [-0.3, -0.25) is 4.79 Å². The Morgan fingerprint density at radius 3 is 2.54 bits per heavy atom. The summed E-state index contributed by atoms with van der Waals surface area (Å²) < 4.78 is 9.45. The third-order valence-electron chi connectivity index (χ3n) is 3.06. The lowest BCUT2D eigenvalue weighted by Gasteiger charge is -2.07. The molecule has 126 valence electrons. The molecule has 9 heteroatoms. The third-order valence-corrected chi connectivity index (χ3v) is 4.40. The first-order valence-electron chi connectivity index (χ1n) is 6.74. The molecule has 1 aromatic heterocycles. The number of nitrogens with zero attached hydrogens (tertiary/aromatic N) is 2. The molecule has 0 bridgehead atoms. The maximum atomic E-state index is 12.5. The van der Waals surface area contributed by atoms with E-state index in [4.69, 9.17) is 9.84 Å². The molecule has 2 amide bonds. The molecular formula is C15H15N3O4S2. The number of benzene rings is 1. The van der Waals surface area contributed by atoms with E-state index in [0.29, 0.717) is 17.0 Å². The summed E-state index contributed by atoms with van der Waals surface area (Å²) in [5.74, 6) is 0.261. The number of amidine groups is 1. The SMILES string of the molecule is COc1ccc(-c2nsc(C)c2C(=O)NC(=NC(=O)O)SC)cc1. The number of thioether (sulfide) groups is 1. The monoisotopic (exact) mass is 365 g/mol. The van der Waals surface area contributed by atoms with Gasteiger partial charge < -0.3 is 15.2 Å². The molecule has 0 fully saturated rings. The standard InChI is InChI=1S/C15H15N3O4S2/c1-8-11(13(19)16-14(23-3)17-15(20)21)12(18-24-8)9-4-6-10(22-2)7-5-9/h4-7H,1-3H3,(H,20,21)(H,16,17,19). The first-order chi connectivity index (χ1) is 11.5. The van der Waals surface area contributed by atoms with Crippen LogP contribution in [0, 0.1) is 6.92 Å². The fourth-order valence-electron chi connectivity index (χ4n) is 1.96. The van der Waals surface area contributed by atoms with E-state index in [-0.39, 0.29) is 5.17 Å². The van der Waals surface area contributed by atoms with Crippen LogP contribution in [0.2, 0.25) is 0 Å². The fourth-order valence-corrected chi connectivity index (χ4v) is 3.03. The van der Waals surface area contributed by atoms with Gasteiger partial charge in [-0.1, -0.05) is 11.8 Å². The number of hydrogen-bond acceptors (Lipinski definition) is 6. The molecule has 2 rings (SSSR count). The maximum Gasteiger partial charge on any atom is 0.433 e. The van der Waals surface area contributed by atoms with Crippen molar-refractivity contribution in [1.29, 1.82) is 0 Å². The lowest BCUT2D eigenvalue weighted by Crippen LogP contribution is -2.29. The van der Waals surface area contributed by atoms with Crippen molar-refractivity contribution in [1.82, 2.24) is 9.69 Å². The molecule has 0 spiro atoms. The highest BCUT2D eigenvalue weighted by Crippen LogP contribution is 2.29. The first-order valence-corrected chi connectivity index (χ1v) is 8.73. The number of amides is 2. The molecule has 2 aromatic rings. The summed E-state index contributed by atoms with van der Waals surface area (Å²) in [7, 11) is 1.58. The van der Waals surface area contributed by atoms with Gasteiger partial charge in [0.05, 0.1) is 18.4 Å². The van der Waals surface area contributed by atoms with Gasteiger partial charge in [-0.05, 0) is 49.0 Å². The fraction of sp³-hybridized carbons (Fsp3) is 0.200. The van der Waals surface area contributed by atoms with Crippen molar-refractivity contribution in [2.45, 2.75) is 6.92 Å². The van der Waals surface area contributed by atoms with E-state index >= 15 is 0 Å². The number of rotatable bonds is 3. The highest BCUT2D eigenvalue weighted by atomic mass is 32.2. The number of methoxy groups -OCH3 is 1. The summed E-state index contributed by atoms with van der Waals surface area (Å²) in [6.07, 6.45) is 0.265. The van der Waals surface area contributed by atoms with E-state index in [1.54, 1.807) is 32.4 Å². The zero-order valence-electron chi connectivity index (χ0n) is 13.2. The lowest BCUT2D eigenvalue weighted by atomic mass is 10.1. The highest BCUT2D eigenvalue weighted by molar-refractivity contribution is 8.13. The molecule has 2 N–H and O–H groups in total. The number of carbonyl (C=O) groups excluding carboxylic acids is 1. The number of carboxylic acid groups (broad SMARTS) is 1. The molecule has 1 heterocycles. The zero-order valence-corrected chi connectivity index (χ0v) is 14.8. The molecule has 0 aliphatic rings. The van der Waals surface area contributed by atoms with Gasteiger partial charge in [0.1, 0.15) is 5.75 Å². The molecule has 0 aliphatic heterocycles. The smallest absolute Gasteiger partial charge is 0.433 e. The Morgan fingerprint density at radius 1 is 1.33 bits per heavy atom. The Balaban J connectivity index is 2.35. The summed E-state index contributed by atoms with van der Waals surface area (Å²) in [5.41, 5.74) is 1.71. The van der Waals surface area contributed by atoms with Crippen LogP contribution in [0.1, 0.15) is 15.2 Å². The van der Waals surface area contributed by atoms with Gasteiger partial charge >= 0.3 is 6.09 Å². The molecule has 0 aliphatic carbocycles. The Bertz CT molecular complexity index is 785. The quantitative estimate of drug-likeness (QED) is 0.639. The highest BCUT2D eigenvalue weighted by Gasteiger charge is 2.21. The minimum atomic E-state index is -1.37. The van der Waals surface area contributed by atoms with E-state index in [1.807, 2.05) is 12.1 Å². The number of ether oxygens (including phenoxy) is 1. The molecule has 0 radical (unpaired) electrons. The van der Waals surface area contributed by atoms with Crippen molar-refractivity contribution in [3.8, 4) is 17.0 Å². The Labute approximate surface area is 146 Å². The van der Waals surface area contributed by atoms with Crippen LogP contribution < -0.4 is 10.1 Å². The van der Waals surface area contributed by atoms with Crippen molar-refractivity contribution in [2.75, 3.05) is 13.4 Å². The number of hydrogen-bond donors (Lipinski definition) is 2. The van der Waals surface area contributed by atoms with Crippen LogP contribution in [0.25, 0.3) is 11.3 Å². The molecule has 0 atom stereocenters. The van der Waals surface area contributed by atoms with Crippen LogP contribution in [0.4, 0.5) is 4.79 Å². The maximum absolute atomic E-state index is 12.5. The van der Waals surface area contributed by atoms with Crippen LogP contribution in [0.15, 0.2) is 29.3 Å². The number of aryl methyl sites for hydroxylation is 1. The second-order valence-corrected chi connectivity index (χ2v) is 6.32. The van der Waals surface area contributed by atoms with Crippen molar-refractivity contribution >= 4 is 40.5 Å². The first kappa shape index (κ1) is 18.0. The number of aliphatic imine (C=N–C) groups is 1. The molecule has 0 saturated carbocycles.